The van der Waals surface area contributed by atoms with Gasteiger partial charge in [0, 0.05) is 37.3 Å². The number of rotatable bonds is 5. The van der Waals surface area contributed by atoms with Crippen molar-refractivity contribution in [2.75, 3.05) is 28.6 Å². The summed E-state index contributed by atoms with van der Waals surface area (Å²) in [6.07, 6.45) is 4.47. The number of amides is 2. The lowest BCUT2D eigenvalue weighted by atomic mass is 9.96. The van der Waals surface area contributed by atoms with E-state index in [1.165, 1.54) is 13.3 Å². The van der Waals surface area contributed by atoms with E-state index < -0.39 is 0 Å². The molecular weight excluding hydrogens is 384 g/mol. The molecule has 1 aliphatic heterocycles. The summed E-state index contributed by atoms with van der Waals surface area (Å²) in [6, 6.07) is 10.9. The maximum Gasteiger partial charge on any atom is 0.227 e. The first-order chi connectivity index (χ1) is 14.6. The van der Waals surface area contributed by atoms with Gasteiger partial charge in [-0.3, -0.25) is 9.59 Å². The van der Waals surface area contributed by atoms with Crippen molar-refractivity contribution in [1.29, 1.82) is 0 Å². The fourth-order valence-electron chi connectivity index (χ4n) is 3.43. The van der Waals surface area contributed by atoms with E-state index in [1.807, 2.05) is 18.2 Å². The molecule has 0 unspecified atom stereocenters. The Labute approximate surface area is 173 Å². The Morgan fingerprint density at radius 1 is 1.00 bits per heavy atom. The highest BCUT2D eigenvalue weighted by Gasteiger charge is 2.26. The second-order valence-electron chi connectivity index (χ2n) is 7.10. The van der Waals surface area contributed by atoms with Gasteiger partial charge in [-0.15, -0.1) is 10.2 Å². The molecule has 2 N–H and O–H groups in total. The van der Waals surface area contributed by atoms with Crippen LogP contribution in [-0.4, -0.2) is 49.9 Å². The molecule has 154 valence electrons. The van der Waals surface area contributed by atoms with Gasteiger partial charge in [0.25, 0.3) is 0 Å². The Kier molecular flexibility index (Phi) is 5.64. The van der Waals surface area contributed by atoms with Crippen LogP contribution in [0.15, 0.2) is 49.1 Å². The first-order valence-corrected chi connectivity index (χ1v) is 9.71. The second-order valence-corrected chi connectivity index (χ2v) is 7.10. The second kappa shape index (κ2) is 8.68. The van der Waals surface area contributed by atoms with E-state index in [1.54, 1.807) is 29.2 Å². The molecule has 3 heterocycles. The van der Waals surface area contributed by atoms with Gasteiger partial charge in [-0.05, 0) is 43.2 Å². The number of hydrogen-bond donors (Lipinski definition) is 2. The third-order valence-electron chi connectivity index (χ3n) is 4.93. The number of carbonyl (C=O) groups is 2. The molecule has 2 aromatic heterocycles. The number of aromatic nitrogens is 5. The largest absolute Gasteiger partial charge is 0.355 e. The lowest BCUT2D eigenvalue weighted by molar-refractivity contribution is -0.120. The first kappa shape index (κ1) is 19.5. The summed E-state index contributed by atoms with van der Waals surface area (Å²) >= 11 is 0. The number of carbonyl (C=O) groups excluding carboxylic acids is 2. The minimum absolute atomic E-state index is 0.0118. The summed E-state index contributed by atoms with van der Waals surface area (Å²) in [5.74, 6) is 1.14. The van der Waals surface area contributed by atoms with E-state index in [0.717, 1.165) is 31.7 Å². The van der Waals surface area contributed by atoms with Crippen LogP contribution >= 0.6 is 0 Å². The van der Waals surface area contributed by atoms with Crippen molar-refractivity contribution in [2.45, 2.75) is 19.8 Å². The van der Waals surface area contributed by atoms with Crippen molar-refractivity contribution in [3.63, 3.8) is 0 Å². The molecule has 10 nitrogen and oxygen atoms in total. The van der Waals surface area contributed by atoms with Gasteiger partial charge in [0.15, 0.2) is 11.6 Å². The summed E-state index contributed by atoms with van der Waals surface area (Å²) < 4.78 is 1.55. The normalized spacial score (nSPS) is 14.4. The van der Waals surface area contributed by atoms with Crippen molar-refractivity contribution in [2.24, 2.45) is 5.92 Å². The molecule has 0 atom stereocenters. The minimum Gasteiger partial charge on any atom is -0.355 e. The van der Waals surface area contributed by atoms with Crippen LogP contribution in [0.2, 0.25) is 0 Å². The lowest BCUT2D eigenvalue weighted by Crippen LogP contribution is -2.38. The molecule has 30 heavy (non-hydrogen) atoms. The van der Waals surface area contributed by atoms with Gasteiger partial charge in [-0.2, -0.15) is 5.10 Å². The van der Waals surface area contributed by atoms with E-state index in [2.05, 4.69) is 35.8 Å². The van der Waals surface area contributed by atoms with Gasteiger partial charge in [-0.25, -0.2) is 9.67 Å². The molecule has 0 spiro atoms. The van der Waals surface area contributed by atoms with E-state index in [-0.39, 0.29) is 17.7 Å². The van der Waals surface area contributed by atoms with Gasteiger partial charge in [0.1, 0.15) is 12.7 Å². The zero-order chi connectivity index (χ0) is 20.9. The Bertz CT molecular complexity index is 1010. The van der Waals surface area contributed by atoms with Crippen LogP contribution in [0.5, 0.6) is 0 Å². The fraction of sp³-hybridized carbons (Fsp3) is 0.300. The predicted octanol–water partition coefficient (Wildman–Crippen LogP) is 1.87. The highest BCUT2D eigenvalue weighted by atomic mass is 16.2. The fourth-order valence-corrected chi connectivity index (χ4v) is 3.43. The number of benzene rings is 1. The maximum atomic E-state index is 12.7. The highest BCUT2D eigenvalue weighted by molar-refractivity contribution is 5.94. The van der Waals surface area contributed by atoms with Gasteiger partial charge < -0.3 is 15.5 Å². The molecule has 1 fully saturated rings. The third kappa shape index (κ3) is 4.59. The topological polar surface area (TPSA) is 118 Å². The number of piperidine rings is 1. The molecule has 0 bridgehead atoms. The lowest BCUT2D eigenvalue weighted by Gasteiger charge is -2.31. The zero-order valence-electron chi connectivity index (χ0n) is 16.5. The number of nitrogens with zero attached hydrogens (tertiary/aromatic N) is 6. The van der Waals surface area contributed by atoms with Gasteiger partial charge >= 0.3 is 0 Å². The SMILES string of the molecule is CC(=O)Nc1cccc(NC(=O)C2CCN(c3ccc(-n4cncn4)nn3)CC2)c1. The molecule has 10 heteroatoms. The number of anilines is 3. The average Bonchev–Trinajstić information content (AvgIpc) is 3.29. The molecule has 1 aromatic carbocycles. The monoisotopic (exact) mass is 406 g/mol. The van der Waals surface area contributed by atoms with Crippen LogP contribution in [0.4, 0.5) is 17.2 Å². The standard InChI is InChI=1S/C20H22N8O2/c1-14(29)23-16-3-2-4-17(11-16)24-20(30)15-7-9-27(10-8-15)18-5-6-19(26-25-18)28-13-21-12-22-28/h2-6,11-13,15H,7-10H2,1H3,(H,23,29)(H,24,30). The average molecular weight is 406 g/mol. The Balaban J connectivity index is 1.32. The summed E-state index contributed by atoms with van der Waals surface area (Å²) in [6.45, 7) is 2.90. The van der Waals surface area contributed by atoms with Crippen molar-refractivity contribution in [1.82, 2.24) is 25.0 Å². The van der Waals surface area contributed by atoms with Crippen molar-refractivity contribution >= 4 is 29.0 Å². The molecule has 1 saturated heterocycles. The number of nitrogens with one attached hydrogen (secondary N) is 2. The van der Waals surface area contributed by atoms with Gasteiger partial charge in [0.2, 0.25) is 11.8 Å². The molecule has 3 aromatic rings. The van der Waals surface area contributed by atoms with Crippen LogP contribution < -0.4 is 15.5 Å². The van der Waals surface area contributed by atoms with E-state index >= 15 is 0 Å². The molecule has 0 aliphatic carbocycles. The molecule has 1 aliphatic rings. The third-order valence-corrected chi connectivity index (χ3v) is 4.93. The van der Waals surface area contributed by atoms with E-state index in [4.69, 9.17) is 0 Å². The van der Waals surface area contributed by atoms with Gasteiger partial charge in [-0.1, -0.05) is 6.07 Å². The molecule has 0 radical (unpaired) electrons. The first-order valence-electron chi connectivity index (χ1n) is 9.71. The Hall–Kier alpha value is -3.82. The smallest absolute Gasteiger partial charge is 0.227 e. The van der Waals surface area contributed by atoms with Crippen LogP contribution in [0.3, 0.4) is 0 Å². The molecule has 4 rings (SSSR count). The highest BCUT2D eigenvalue weighted by Crippen LogP contribution is 2.24. The van der Waals surface area contributed by atoms with Crippen LogP contribution in [-0.2, 0) is 9.59 Å². The van der Waals surface area contributed by atoms with Crippen LogP contribution in [0, 0.1) is 5.92 Å². The molecule has 0 saturated carbocycles. The summed E-state index contributed by atoms with van der Waals surface area (Å²) in [5.41, 5.74) is 1.33. The van der Waals surface area contributed by atoms with E-state index in [9.17, 15) is 9.59 Å². The zero-order valence-corrected chi connectivity index (χ0v) is 16.5. The number of hydrogen-bond acceptors (Lipinski definition) is 7. The molecular formula is C20H22N8O2. The van der Waals surface area contributed by atoms with Crippen molar-refractivity contribution in [3.8, 4) is 5.82 Å². The minimum atomic E-state index is -0.150. The van der Waals surface area contributed by atoms with Gasteiger partial charge in [0.05, 0.1) is 0 Å². The van der Waals surface area contributed by atoms with E-state index in [0.29, 0.717) is 17.2 Å². The summed E-state index contributed by atoms with van der Waals surface area (Å²) in [5, 5.41) is 18.2. The van der Waals surface area contributed by atoms with Crippen molar-refractivity contribution < 1.29 is 9.59 Å². The Morgan fingerprint density at radius 3 is 2.33 bits per heavy atom. The summed E-state index contributed by atoms with van der Waals surface area (Å²) in [4.78, 5) is 29.9. The summed E-state index contributed by atoms with van der Waals surface area (Å²) in [7, 11) is 0. The quantitative estimate of drug-likeness (QED) is 0.664. The van der Waals surface area contributed by atoms with Crippen molar-refractivity contribution in [3.05, 3.63) is 49.1 Å². The van der Waals surface area contributed by atoms with Crippen LogP contribution in [0.1, 0.15) is 19.8 Å². The predicted molar refractivity (Wildman–Crippen MR) is 111 cm³/mol. The Morgan fingerprint density at radius 2 is 1.70 bits per heavy atom. The van der Waals surface area contributed by atoms with Crippen LogP contribution in [0.25, 0.3) is 5.82 Å². The molecule has 2 amide bonds. The maximum absolute atomic E-state index is 12.7.